The number of nitrogens with zero attached hydrogens (tertiary/aromatic N) is 1. The highest BCUT2D eigenvalue weighted by atomic mass is 32.2. The van der Waals surface area contributed by atoms with Crippen LogP contribution in [0.25, 0.3) is 0 Å². The molecular formula is C22H25NO5S. The van der Waals surface area contributed by atoms with Crippen LogP contribution in [0.15, 0.2) is 65.6 Å². The quantitative estimate of drug-likeness (QED) is 0.678. The first-order valence-corrected chi connectivity index (χ1v) is 11.2. The molecule has 7 heteroatoms. The van der Waals surface area contributed by atoms with Crippen LogP contribution in [-0.2, 0) is 30.7 Å². The molecular weight excluding hydrogens is 390 g/mol. The van der Waals surface area contributed by atoms with Crippen molar-refractivity contribution >= 4 is 15.7 Å². The second-order valence-electron chi connectivity index (χ2n) is 7.63. The molecule has 1 aliphatic carbocycles. The summed E-state index contributed by atoms with van der Waals surface area (Å²) in [6.07, 6.45) is 0.508. The van der Waals surface area contributed by atoms with E-state index in [0.29, 0.717) is 6.54 Å². The summed E-state index contributed by atoms with van der Waals surface area (Å²) in [5.74, 6) is -1.87. The van der Waals surface area contributed by atoms with E-state index in [2.05, 4.69) is 0 Å². The average Bonchev–Trinajstić information content (AvgIpc) is 2.77. The lowest BCUT2D eigenvalue weighted by atomic mass is 9.74. The fraction of sp³-hybridized carbons (Fsp3) is 0.409. The van der Waals surface area contributed by atoms with Crippen LogP contribution in [-0.4, -0.2) is 50.5 Å². The van der Waals surface area contributed by atoms with Crippen molar-refractivity contribution in [3.63, 3.8) is 0 Å². The van der Waals surface area contributed by atoms with E-state index < -0.39 is 32.8 Å². The van der Waals surface area contributed by atoms with Gasteiger partial charge in [-0.25, -0.2) is 8.42 Å². The van der Waals surface area contributed by atoms with Gasteiger partial charge < -0.3 is 14.4 Å². The van der Waals surface area contributed by atoms with Gasteiger partial charge in [0.1, 0.15) is 0 Å². The van der Waals surface area contributed by atoms with Crippen molar-refractivity contribution in [2.75, 3.05) is 14.2 Å². The van der Waals surface area contributed by atoms with E-state index in [1.807, 2.05) is 30.3 Å². The van der Waals surface area contributed by atoms with Crippen LogP contribution in [0.3, 0.4) is 0 Å². The second-order valence-corrected chi connectivity index (χ2v) is 9.80. The Balaban J connectivity index is 1.72. The molecule has 29 heavy (non-hydrogen) atoms. The molecule has 0 aromatic heterocycles. The number of piperidine rings is 2. The number of sulfone groups is 1. The highest BCUT2D eigenvalue weighted by Gasteiger charge is 2.62. The summed E-state index contributed by atoms with van der Waals surface area (Å²) in [7, 11) is -0.544. The molecule has 0 unspecified atom stereocenters. The molecule has 2 saturated heterocycles. The lowest BCUT2D eigenvalue weighted by Gasteiger charge is -2.56. The molecule has 3 atom stereocenters. The van der Waals surface area contributed by atoms with E-state index in [-0.39, 0.29) is 23.6 Å². The van der Waals surface area contributed by atoms with Crippen LogP contribution >= 0.6 is 0 Å². The fourth-order valence-electron chi connectivity index (χ4n) is 4.73. The van der Waals surface area contributed by atoms with E-state index in [1.54, 1.807) is 49.5 Å². The van der Waals surface area contributed by atoms with Crippen LogP contribution in [0, 0.1) is 5.92 Å². The van der Waals surface area contributed by atoms with Gasteiger partial charge in [0.25, 0.3) is 0 Å². The third-order valence-electron chi connectivity index (χ3n) is 6.25. The number of methoxy groups -OCH3 is 2. The molecule has 154 valence electrons. The largest absolute Gasteiger partial charge is 0.351 e. The number of ether oxygens (including phenoxy) is 2. The minimum absolute atomic E-state index is 0.153. The predicted molar refractivity (Wildman–Crippen MR) is 108 cm³/mol. The Morgan fingerprint density at radius 2 is 1.59 bits per heavy atom. The van der Waals surface area contributed by atoms with Crippen molar-refractivity contribution in [3.8, 4) is 0 Å². The summed E-state index contributed by atoms with van der Waals surface area (Å²) in [5.41, 5.74) is 0.983. The van der Waals surface area contributed by atoms with Crippen LogP contribution in [0.1, 0.15) is 18.4 Å². The van der Waals surface area contributed by atoms with Crippen LogP contribution in [0.4, 0.5) is 0 Å². The zero-order valence-corrected chi connectivity index (χ0v) is 17.3. The van der Waals surface area contributed by atoms with E-state index in [9.17, 15) is 13.2 Å². The molecule has 0 radical (unpaired) electrons. The van der Waals surface area contributed by atoms with Gasteiger partial charge in [0.15, 0.2) is 15.6 Å². The van der Waals surface area contributed by atoms with Crippen LogP contribution < -0.4 is 0 Å². The summed E-state index contributed by atoms with van der Waals surface area (Å²) >= 11 is 0. The van der Waals surface area contributed by atoms with Crippen molar-refractivity contribution in [1.29, 1.82) is 0 Å². The fourth-order valence-corrected chi connectivity index (χ4v) is 6.70. The highest BCUT2D eigenvalue weighted by Crippen LogP contribution is 2.48. The van der Waals surface area contributed by atoms with Gasteiger partial charge in [0, 0.05) is 27.2 Å². The minimum atomic E-state index is -3.65. The van der Waals surface area contributed by atoms with E-state index in [0.717, 1.165) is 5.56 Å². The van der Waals surface area contributed by atoms with Gasteiger partial charge in [0.2, 0.25) is 5.91 Å². The molecule has 1 saturated carbocycles. The number of hydrogen-bond acceptors (Lipinski definition) is 5. The number of amides is 1. The average molecular weight is 416 g/mol. The lowest BCUT2D eigenvalue weighted by Crippen LogP contribution is -2.70. The van der Waals surface area contributed by atoms with Crippen LogP contribution in [0.2, 0.25) is 0 Å². The Bertz CT molecular complexity index is 973. The summed E-state index contributed by atoms with van der Waals surface area (Å²) in [4.78, 5) is 15.3. The Morgan fingerprint density at radius 1 is 1.00 bits per heavy atom. The highest BCUT2D eigenvalue weighted by molar-refractivity contribution is 7.92. The molecule has 2 aromatic rings. The van der Waals surface area contributed by atoms with Gasteiger partial charge in [-0.1, -0.05) is 48.5 Å². The Labute approximate surface area is 171 Å². The lowest BCUT2D eigenvalue weighted by molar-refractivity contribution is -0.278. The van der Waals surface area contributed by atoms with E-state index >= 15 is 0 Å². The number of benzene rings is 2. The van der Waals surface area contributed by atoms with Crippen molar-refractivity contribution in [1.82, 2.24) is 4.90 Å². The molecule has 1 amide bonds. The van der Waals surface area contributed by atoms with Gasteiger partial charge in [-0.2, -0.15) is 0 Å². The van der Waals surface area contributed by atoms with Crippen LogP contribution in [0.5, 0.6) is 0 Å². The van der Waals surface area contributed by atoms with E-state index in [4.69, 9.17) is 9.47 Å². The maximum absolute atomic E-state index is 13.3. The Kier molecular flexibility index (Phi) is 5.23. The number of rotatable bonds is 6. The molecule has 3 fully saturated rings. The summed E-state index contributed by atoms with van der Waals surface area (Å²) in [6, 6.07) is 17.5. The topological polar surface area (TPSA) is 72.9 Å². The van der Waals surface area contributed by atoms with E-state index in [1.165, 1.54) is 0 Å². The first-order valence-electron chi connectivity index (χ1n) is 9.66. The number of fused-ring (bicyclic) bond motifs is 3. The number of carbonyl (C=O) groups is 1. The van der Waals surface area contributed by atoms with Crippen molar-refractivity contribution in [2.24, 2.45) is 5.92 Å². The third-order valence-corrected chi connectivity index (χ3v) is 8.50. The normalized spacial score (nSPS) is 25.9. The van der Waals surface area contributed by atoms with Gasteiger partial charge in [-0.15, -0.1) is 0 Å². The number of hydrogen-bond donors (Lipinski definition) is 0. The zero-order chi connectivity index (χ0) is 20.6. The molecule has 3 aliphatic rings. The molecule has 0 spiro atoms. The summed E-state index contributed by atoms with van der Waals surface area (Å²) in [6.45, 7) is 0.396. The molecule has 0 N–H and O–H groups in total. The van der Waals surface area contributed by atoms with Gasteiger partial charge in [0.05, 0.1) is 22.1 Å². The van der Waals surface area contributed by atoms with Crippen molar-refractivity contribution in [2.45, 2.75) is 41.4 Å². The molecule has 5 rings (SSSR count). The third kappa shape index (κ3) is 3.27. The zero-order valence-electron chi connectivity index (χ0n) is 16.5. The van der Waals surface area contributed by atoms with Crippen molar-refractivity contribution in [3.05, 3.63) is 66.2 Å². The maximum Gasteiger partial charge on any atom is 0.227 e. The smallest absolute Gasteiger partial charge is 0.227 e. The van der Waals surface area contributed by atoms with Gasteiger partial charge >= 0.3 is 0 Å². The predicted octanol–water partition coefficient (Wildman–Crippen LogP) is 2.64. The molecule has 2 aromatic carbocycles. The molecule has 2 aliphatic heterocycles. The first-order chi connectivity index (χ1) is 13.9. The molecule has 2 bridgehead atoms. The second kappa shape index (κ2) is 7.55. The molecule has 6 nitrogen and oxygen atoms in total. The summed E-state index contributed by atoms with van der Waals surface area (Å²) < 4.78 is 38.1. The van der Waals surface area contributed by atoms with Crippen molar-refractivity contribution < 1.29 is 22.7 Å². The minimum Gasteiger partial charge on any atom is -0.351 e. The maximum atomic E-state index is 13.3. The first kappa shape index (κ1) is 20.1. The number of carbonyl (C=O) groups excluding carboxylic acids is 1. The van der Waals surface area contributed by atoms with Gasteiger partial charge in [-0.05, 0) is 24.1 Å². The SMILES string of the molecule is COC1(OC)C[C@@H]2C(=O)N(Cc3ccccc3)[C@H]1C[C@H]2S(=O)(=O)c1ccccc1. The Morgan fingerprint density at radius 3 is 2.17 bits per heavy atom. The monoisotopic (exact) mass is 415 g/mol. The standard InChI is InChI=1S/C22H25NO5S/c1-27-22(28-2)14-18-19(29(25,26)17-11-7-4-8-12-17)13-20(22)23(21(18)24)15-16-9-5-3-6-10-16/h3-12,18-20H,13-15H2,1-2H3/t18-,19+,20-/m0/s1. The molecule has 2 heterocycles. The Hall–Kier alpha value is -2.22. The summed E-state index contributed by atoms with van der Waals surface area (Å²) in [5, 5.41) is -0.784. The van der Waals surface area contributed by atoms with Gasteiger partial charge in [-0.3, -0.25) is 4.79 Å².